The number of hydrogen-bond acceptors (Lipinski definition) is 5. The van der Waals surface area contributed by atoms with Gasteiger partial charge in [0.25, 0.3) is 0 Å². The molecule has 0 bridgehead atoms. The van der Waals surface area contributed by atoms with Gasteiger partial charge in [0.05, 0.1) is 10.2 Å². The number of nitrogens with zero attached hydrogens (tertiary/aromatic N) is 2. The van der Waals surface area contributed by atoms with Crippen molar-refractivity contribution in [2.75, 3.05) is 18.8 Å². The number of aromatic nitrogens is 1. The van der Waals surface area contributed by atoms with Crippen molar-refractivity contribution in [3.8, 4) is 11.5 Å². The number of aryl methyl sites for hydroxylation is 2. The SMILES string of the molecule is CSCCn1c(=NC(=O)CCc2ccccc2)sc2cc3c(cc21)OCO3. The number of benzene rings is 2. The molecule has 0 unspecified atom stereocenters. The van der Waals surface area contributed by atoms with E-state index in [-0.39, 0.29) is 12.7 Å². The predicted molar refractivity (Wildman–Crippen MR) is 110 cm³/mol. The van der Waals surface area contributed by atoms with Crippen LogP contribution in [0.3, 0.4) is 0 Å². The summed E-state index contributed by atoms with van der Waals surface area (Å²) in [4.78, 5) is 17.6. The lowest BCUT2D eigenvalue weighted by Crippen LogP contribution is -2.18. The number of thioether (sulfide) groups is 1. The number of rotatable bonds is 6. The standard InChI is InChI=1S/C20H20N2O3S2/c1-26-10-9-22-15-11-16-17(25-13-24-16)12-18(15)27-20(22)21-19(23)8-7-14-5-3-2-4-6-14/h2-6,11-12H,7-10,13H2,1H3. The lowest BCUT2D eigenvalue weighted by Gasteiger charge is -2.04. The highest BCUT2D eigenvalue weighted by Gasteiger charge is 2.17. The Morgan fingerprint density at radius 3 is 2.78 bits per heavy atom. The molecule has 0 atom stereocenters. The lowest BCUT2D eigenvalue weighted by atomic mass is 10.1. The van der Waals surface area contributed by atoms with E-state index >= 15 is 0 Å². The van der Waals surface area contributed by atoms with Crippen LogP contribution in [0.5, 0.6) is 11.5 Å². The van der Waals surface area contributed by atoms with Gasteiger partial charge in [0.15, 0.2) is 16.3 Å². The van der Waals surface area contributed by atoms with E-state index in [0.29, 0.717) is 12.8 Å². The fourth-order valence-corrected chi connectivity index (χ4v) is 4.45. The Bertz CT molecular complexity index is 1020. The maximum atomic E-state index is 12.5. The van der Waals surface area contributed by atoms with Crippen LogP contribution >= 0.6 is 23.1 Å². The number of carbonyl (C=O) groups excluding carboxylic acids is 1. The molecule has 2 aromatic carbocycles. The highest BCUT2D eigenvalue weighted by atomic mass is 32.2. The molecule has 27 heavy (non-hydrogen) atoms. The molecule has 1 aromatic heterocycles. The van der Waals surface area contributed by atoms with E-state index in [1.54, 1.807) is 11.8 Å². The van der Waals surface area contributed by atoms with Gasteiger partial charge >= 0.3 is 0 Å². The molecule has 0 aliphatic carbocycles. The molecular weight excluding hydrogens is 380 g/mol. The van der Waals surface area contributed by atoms with Gasteiger partial charge in [-0.05, 0) is 18.2 Å². The first-order valence-electron chi connectivity index (χ1n) is 8.78. The van der Waals surface area contributed by atoms with Crippen molar-refractivity contribution in [1.82, 2.24) is 4.57 Å². The van der Waals surface area contributed by atoms with Crippen molar-refractivity contribution < 1.29 is 14.3 Å². The summed E-state index contributed by atoms with van der Waals surface area (Å²) in [5.74, 6) is 2.36. The minimum atomic E-state index is -0.0941. The number of thiazole rings is 1. The number of amides is 1. The van der Waals surface area contributed by atoms with Crippen LogP contribution in [0.1, 0.15) is 12.0 Å². The van der Waals surface area contributed by atoms with Crippen molar-refractivity contribution in [1.29, 1.82) is 0 Å². The van der Waals surface area contributed by atoms with Crippen molar-refractivity contribution in [3.05, 3.63) is 52.8 Å². The number of ether oxygens (including phenoxy) is 2. The van der Waals surface area contributed by atoms with Crippen LogP contribution in [0, 0.1) is 0 Å². The molecular formula is C20H20N2O3S2. The van der Waals surface area contributed by atoms with Crippen molar-refractivity contribution >= 4 is 39.2 Å². The van der Waals surface area contributed by atoms with Crippen LogP contribution in [0.4, 0.5) is 0 Å². The van der Waals surface area contributed by atoms with Crippen molar-refractivity contribution in [2.45, 2.75) is 19.4 Å². The van der Waals surface area contributed by atoms with Crippen molar-refractivity contribution in [2.24, 2.45) is 4.99 Å². The third kappa shape index (κ3) is 4.04. The summed E-state index contributed by atoms with van der Waals surface area (Å²) in [6.07, 6.45) is 3.18. The molecule has 4 rings (SSSR count). The Labute approximate surface area is 165 Å². The quantitative estimate of drug-likeness (QED) is 0.631. The minimum Gasteiger partial charge on any atom is -0.454 e. The molecule has 1 amide bonds. The summed E-state index contributed by atoms with van der Waals surface area (Å²) in [5.41, 5.74) is 2.19. The van der Waals surface area contributed by atoms with Crippen LogP contribution < -0.4 is 14.3 Å². The number of fused-ring (bicyclic) bond motifs is 2. The summed E-state index contributed by atoms with van der Waals surface area (Å²) in [7, 11) is 0. The fourth-order valence-electron chi connectivity index (χ4n) is 3.00. The molecule has 0 fully saturated rings. The van der Waals surface area contributed by atoms with E-state index in [4.69, 9.17) is 9.47 Å². The number of hydrogen-bond donors (Lipinski definition) is 0. The second kappa shape index (κ2) is 8.19. The third-order valence-corrected chi connectivity index (χ3v) is 6.02. The summed E-state index contributed by atoms with van der Waals surface area (Å²) in [5, 5.41) is 0. The summed E-state index contributed by atoms with van der Waals surface area (Å²) >= 11 is 3.29. The van der Waals surface area contributed by atoms with E-state index in [0.717, 1.165) is 44.4 Å². The number of carbonyl (C=O) groups is 1. The maximum Gasteiger partial charge on any atom is 0.248 e. The normalized spacial score (nSPS) is 13.4. The predicted octanol–water partition coefficient (Wildman–Crippen LogP) is 3.85. The largest absolute Gasteiger partial charge is 0.454 e. The van der Waals surface area contributed by atoms with E-state index < -0.39 is 0 Å². The van der Waals surface area contributed by atoms with Gasteiger partial charge in [-0.1, -0.05) is 41.7 Å². The zero-order chi connectivity index (χ0) is 18.6. The Hall–Kier alpha value is -2.25. The molecule has 140 valence electrons. The topological polar surface area (TPSA) is 52.8 Å². The Kier molecular flexibility index (Phi) is 5.50. The van der Waals surface area contributed by atoms with E-state index in [1.807, 2.05) is 42.5 Å². The molecule has 1 aliphatic rings. The van der Waals surface area contributed by atoms with Gasteiger partial charge in [-0.15, -0.1) is 0 Å². The molecule has 0 N–H and O–H groups in total. The minimum absolute atomic E-state index is 0.0941. The summed E-state index contributed by atoms with van der Waals surface area (Å²) < 4.78 is 14.2. The molecule has 0 saturated heterocycles. The fraction of sp³-hybridized carbons (Fsp3) is 0.300. The molecule has 7 heteroatoms. The smallest absolute Gasteiger partial charge is 0.248 e. The van der Waals surface area contributed by atoms with Gasteiger partial charge in [0.1, 0.15) is 0 Å². The van der Waals surface area contributed by atoms with Gasteiger partial charge < -0.3 is 14.0 Å². The second-order valence-corrected chi connectivity index (χ2v) is 8.19. The average Bonchev–Trinajstić information content (AvgIpc) is 3.27. The molecule has 0 spiro atoms. The maximum absolute atomic E-state index is 12.5. The molecule has 2 heterocycles. The van der Waals surface area contributed by atoms with Crippen LogP contribution in [0.15, 0.2) is 47.5 Å². The van der Waals surface area contributed by atoms with Gasteiger partial charge in [-0.25, -0.2) is 0 Å². The van der Waals surface area contributed by atoms with Crippen LogP contribution in [0.25, 0.3) is 10.2 Å². The molecule has 1 aliphatic heterocycles. The highest BCUT2D eigenvalue weighted by Crippen LogP contribution is 2.37. The lowest BCUT2D eigenvalue weighted by molar-refractivity contribution is -0.118. The Morgan fingerprint density at radius 2 is 2.00 bits per heavy atom. The van der Waals surface area contributed by atoms with E-state index in [2.05, 4.69) is 15.8 Å². The van der Waals surface area contributed by atoms with E-state index in [1.165, 1.54) is 11.3 Å². The molecule has 3 aromatic rings. The first-order chi connectivity index (χ1) is 13.2. The average molecular weight is 401 g/mol. The highest BCUT2D eigenvalue weighted by molar-refractivity contribution is 7.98. The molecule has 5 nitrogen and oxygen atoms in total. The van der Waals surface area contributed by atoms with Crippen LogP contribution in [-0.4, -0.2) is 29.3 Å². The van der Waals surface area contributed by atoms with E-state index in [9.17, 15) is 4.79 Å². The van der Waals surface area contributed by atoms with Crippen LogP contribution in [-0.2, 0) is 17.8 Å². The first-order valence-corrected chi connectivity index (χ1v) is 11.0. The monoisotopic (exact) mass is 400 g/mol. The van der Waals surface area contributed by atoms with Crippen molar-refractivity contribution in [3.63, 3.8) is 0 Å². The summed E-state index contributed by atoms with van der Waals surface area (Å²) in [6, 6.07) is 14.0. The van der Waals surface area contributed by atoms with Crippen LogP contribution in [0.2, 0.25) is 0 Å². The van der Waals surface area contributed by atoms with Gasteiger partial charge in [-0.2, -0.15) is 16.8 Å². The zero-order valence-electron chi connectivity index (χ0n) is 15.0. The Morgan fingerprint density at radius 1 is 1.22 bits per heavy atom. The van der Waals surface area contributed by atoms with Gasteiger partial charge in [0, 0.05) is 30.9 Å². The summed E-state index contributed by atoms with van der Waals surface area (Å²) in [6.45, 7) is 1.05. The Balaban J connectivity index is 1.64. The third-order valence-electron chi connectivity index (χ3n) is 4.39. The van der Waals surface area contributed by atoms with Gasteiger partial charge in [-0.3, -0.25) is 4.79 Å². The second-order valence-electron chi connectivity index (χ2n) is 6.19. The molecule has 0 radical (unpaired) electrons. The van der Waals surface area contributed by atoms with Gasteiger partial charge in [0.2, 0.25) is 12.7 Å². The zero-order valence-corrected chi connectivity index (χ0v) is 16.6. The molecule has 0 saturated carbocycles. The first kappa shape index (κ1) is 18.1.